The van der Waals surface area contributed by atoms with Crippen LogP contribution in [-0.4, -0.2) is 11.5 Å². The molecule has 1 heterocycles. The summed E-state index contributed by atoms with van der Waals surface area (Å²) in [4.78, 5) is 4.61. The first-order chi connectivity index (χ1) is 7.61. The summed E-state index contributed by atoms with van der Waals surface area (Å²) in [6.45, 7) is 4.78. The second kappa shape index (κ2) is 4.40. The Labute approximate surface area is 100 Å². The molecular formula is C13H15ClN2. The summed E-state index contributed by atoms with van der Waals surface area (Å²) in [6.07, 6.45) is 0. The number of aryl methyl sites for hydroxylation is 1. The van der Waals surface area contributed by atoms with Gasteiger partial charge in [-0.05, 0) is 36.8 Å². The Kier molecular flexibility index (Phi) is 3.13. The molecule has 0 fully saturated rings. The fourth-order valence-electron chi connectivity index (χ4n) is 1.77. The van der Waals surface area contributed by atoms with Crippen LogP contribution in [0, 0.1) is 6.92 Å². The van der Waals surface area contributed by atoms with Crippen LogP contribution < -0.4 is 5.73 Å². The number of hydrogen-bond acceptors (Lipinski definition) is 2. The zero-order valence-corrected chi connectivity index (χ0v) is 10.3. The molecule has 2 rings (SSSR count). The summed E-state index contributed by atoms with van der Waals surface area (Å²) in [5.41, 5.74) is 8.89. The lowest BCUT2D eigenvalue weighted by atomic mass is 10.0. The summed E-state index contributed by atoms with van der Waals surface area (Å²) in [7, 11) is 0. The predicted octanol–water partition coefficient (Wildman–Crippen LogP) is 3.26. The maximum atomic E-state index is 5.97. The van der Waals surface area contributed by atoms with E-state index in [0.717, 1.165) is 21.6 Å². The second-order valence-electron chi connectivity index (χ2n) is 4.16. The van der Waals surface area contributed by atoms with Gasteiger partial charge in [-0.15, -0.1) is 0 Å². The molecule has 1 unspecified atom stereocenters. The first-order valence-electron chi connectivity index (χ1n) is 5.38. The van der Waals surface area contributed by atoms with Gasteiger partial charge in [0.2, 0.25) is 0 Å². The normalized spacial score (nSPS) is 13.0. The van der Waals surface area contributed by atoms with Gasteiger partial charge in [-0.2, -0.15) is 0 Å². The van der Waals surface area contributed by atoms with Crippen LogP contribution in [0.25, 0.3) is 10.9 Å². The minimum Gasteiger partial charge on any atom is -0.330 e. The monoisotopic (exact) mass is 234 g/mol. The maximum Gasteiger partial charge on any atom is 0.0709 e. The highest BCUT2D eigenvalue weighted by Gasteiger charge is 2.08. The van der Waals surface area contributed by atoms with Gasteiger partial charge < -0.3 is 5.73 Å². The molecule has 0 aliphatic carbocycles. The van der Waals surface area contributed by atoms with Gasteiger partial charge in [0.05, 0.1) is 5.52 Å². The number of pyridine rings is 1. The summed E-state index contributed by atoms with van der Waals surface area (Å²) < 4.78 is 0. The van der Waals surface area contributed by atoms with Crippen molar-refractivity contribution in [3.8, 4) is 0 Å². The van der Waals surface area contributed by atoms with Crippen LogP contribution >= 0.6 is 11.6 Å². The molecule has 0 aliphatic heterocycles. The highest BCUT2D eigenvalue weighted by atomic mass is 35.5. The third kappa shape index (κ3) is 2.04. The van der Waals surface area contributed by atoms with E-state index in [2.05, 4.69) is 24.9 Å². The summed E-state index contributed by atoms with van der Waals surface area (Å²) >= 11 is 5.97. The molecule has 2 nitrogen and oxygen atoms in total. The third-order valence-corrected chi connectivity index (χ3v) is 3.09. The summed E-state index contributed by atoms with van der Waals surface area (Å²) in [6, 6.07) is 7.87. The van der Waals surface area contributed by atoms with Crippen molar-refractivity contribution < 1.29 is 0 Å². The Morgan fingerprint density at radius 1 is 1.38 bits per heavy atom. The van der Waals surface area contributed by atoms with Crippen molar-refractivity contribution >= 4 is 22.5 Å². The third-order valence-electron chi connectivity index (χ3n) is 2.86. The number of benzene rings is 1. The summed E-state index contributed by atoms with van der Waals surface area (Å²) in [5, 5.41) is 1.86. The van der Waals surface area contributed by atoms with E-state index in [1.165, 1.54) is 5.56 Å². The molecule has 0 aliphatic rings. The molecule has 0 bridgehead atoms. The number of nitrogens with two attached hydrogens (primary N) is 1. The van der Waals surface area contributed by atoms with Crippen molar-refractivity contribution in [1.29, 1.82) is 0 Å². The lowest BCUT2D eigenvalue weighted by Gasteiger charge is -2.11. The van der Waals surface area contributed by atoms with E-state index in [1.54, 1.807) is 0 Å². The quantitative estimate of drug-likeness (QED) is 0.866. The molecule has 16 heavy (non-hydrogen) atoms. The second-order valence-corrected chi connectivity index (χ2v) is 4.60. The molecular weight excluding hydrogens is 220 g/mol. The van der Waals surface area contributed by atoms with Gasteiger partial charge in [-0.3, -0.25) is 4.98 Å². The molecule has 1 atom stereocenters. The largest absolute Gasteiger partial charge is 0.330 e. The van der Waals surface area contributed by atoms with Crippen molar-refractivity contribution in [2.45, 2.75) is 19.8 Å². The first-order valence-corrected chi connectivity index (χ1v) is 5.76. The van der Waals surface area contributed by atoms with Crippen LogP contribution in [0.2, 0.25) is 5.02 Å². The molecule has 1 aromatic heterocycles. The number of halogens is 1. The van der Waals surface area contributed by atoms with E-state index >= 15 is 0 Å². The lowest BCUT2D eigenvalue weighted by Crippen LogP contribution is -2.10. The Hall–Kier alpha value is -1.12. The van der Waals surface area contributed by atoms with Gasteiger partial charge in [0.25, 0.3) is 0 Å². The van der Waals surface area contributed by atoms with Crippen molar-refractivity contribution in [3.63, 3.8) is 0 Å². The van der Waals surface area contributed by atoms with Gasteiger partial charge in [0.15, 0.2) is 0 Å². The average Bonchev–Trinajstić information content (AvgIpc) is 2.28. The number of nitrogens with zero attached hydrogens (tertiary/aromatic N) is 1. The molecule has 0 amide bonds. The fraction of sp³-hybridized carbons (Fsp3) is 0.308. The van der Waals surface area contributed by atoms with Crippen molar-refractivity contribution in [1.82, 2.24) is 4.98 Å². The smallest absolute Gasteiger partial charge is 0.0709 e. The molecule has 2 N–H and O–H groups in total. The van der Waals surface area contributed by atoms with Crippen molar-refractivity contribution in [3.05, 3.63) is 40.5 Å². The van der Waals surface area contributed by atoms with Crippen LogP contribution in [0.3, 0.4) is 0 Å². The molecule has 1 aromatic carbocycles. The van der Waals surface area contributed by atoms with Crippen molar-refractivity contribution in [2.75, 3.05) is 6.54 Å². The molecule has 3 heteroatoms. The Morgan fingerprint density at radius 2 is 2.12 bits per heavy atom. The molecule has 0 saturated carbocycles. The maximum absolute atomic E-state index is 5.97. The van der Waals surface area contributed by atoms with Gasteiger partial charge in [-0.1, -0.05) is 18.5 Å². The topological polar surface area (TPSA) is 38.9 Å². The Bertz CT molecular complexity index is 523. The van der Waals surface area contributed by atoms with E-state index in [4.69, 9.17) is 17.3 Å². The van der Waals surface area contributed by atoms with E-state index in [-0.39, 0.29) is 0 Å². The predicted molar refractivity (Wildman–Crippen MR) is 69.0 cm³/mol. The van der Waals surface area contributed by atoms with Crippen LogP contribution in [0.5, 0.6) is 0 Å². The molecule has 0 radical (unpaired) electrons. The van der Waals surface area contributed by atoms with Crippen LogP contribution in [0.15, 0.2) is 24.3 Å². The van der Waals surface area contributed by atoms with Gasteiger partial charge in [0, 0.05) is 28.6 Å². The zero-order valence-electron chi connectivity index (χ0n) is 9.50. The van der Waals surface area contributed by atoms with E-state index in [9.17, 15) is 0 Å². The van der Waals surface area contributed by atoms with Crippen LogP contribution in [0.1, 0.15) is 24.1 Å². The zero-order chi connectivity index (χ0) is 11.7. The van der Waals surface area contributed by atoms with Gasteiger partial charge in [-0.25, -0.2) is 0 Å². The minimum atomic E-state index is 0.291. The number of rotatable bonds is 2. The van der Waals surface area contributed by atoms with Crippen LogP contribution in [-0.2, 0) is 0 Å². The summed E-state index contributed by atoms with van der Waals surface area (Å²) in [5.74, 6) is 0.291. The Balaban J connectivity index is 2.63. The number of aromatic nitrogens is 1. The molecule has 2 aromatic rings. The van der Waals surface area contributed by atoms with Crippen LogP contribution in [0.4, 0.5) is 0 Å². The standard InChI is InChI=1S/C13H15ClN2/c1-8-5-13(9(2)7-15)16-12-4-3-10(14)6-11(8)12/h3-6,9H,7,15H2,1-2H3. The number of fused-ring (bicyclic) bond motifs is 1. The van der Waals surface area contributed by atoms with E-state index < -0.39 is 0 Å². The van der Waals surface area contributed by atoms with Gasteiger partial charge >= 0.3 is 0 Å². The van der Waals surface area contributed by atoms with E-state index in [1.807, 2.05) is 18.2 Å². The first kappa shape index (κ1) is 11.4. The number of hydrogen-bond donors (Lipinski definition) is 1. The average molecular weight is 235 g/mol. The minimum absolute atomic E-state index is 0.291. The Morgan fingerprint density at radius 3 is 2.81 bits per heavy atom. The highest BCUT2D eigenvalue weighted by molar-refractivity contribution is 6.31. The van der Waals surface area contributed by atoms with Crippen molar-refractivity contribution in [2.24, 2.45) is 5.73 Å². The molecule has 84 valence electrons. The van der Waals surface area contributed by atoms with Gasteiger partial charge in [0.1, 0.15) is 0 Å². The van der Waals surface area contributed by atoms with E-state index in [0.29, 0.717) is 12.5 Å². The highest BCUT2D eigenvalue weighted by Crippen LogP contribution is 2.24. The lowest BCUT2D eigenvalue weighted by molar-refractivity contribution is 0.749. The molecule has 0 saturated heterocycles. The molecule has 0 spiro atoms. The SMILES string of the molecule is Cc1cc(C(C)CN)nc2ccc(Cl)cc12. The fourth-order valence-corrected chi connectivity index (χ4v) is 1.94.